The average Bonchev–Trinajstić information content (AvgIpc) is 2.46. The maximum atomic E-state index is 9.58. The fraction of sp³-hybridized carbons (Fsp3) is 0.857. The first-order chi connectivity index (χ1) is 7.34. The third-order valence-electron chi connectivity index (χ3n) is 4.01. The Morgan fingerprint density at radius 1 is 1.07 bits per heavy atom. The third-order valence-corrected chi connectivity index (χ3v) is 4.01. The molecule has 86 valence electrons. The quantitative estimate of drug-likeness (QED) is 0.684. The monoisotopic (exact) mass is 208 g/mol. The lowest BCUT2D eigenvalue weighted by molar-refractivity contribution is 0.158. The maximum absolute atomic E-state index is 9.58. The van der Waals surface area contributed by atoms with Gasteiger partial charge >= 0.3 is 0 Å². The number of hydrogen-bond acceptors (Lipinski definition) is 1. The minimum atomic E-state index is -0.0369. The van der Waals surface area contributed by atoms with Crippen LogP contribution in [0.3, 0.4) is 0 Å². The van der Waals surface area contributed by atoms with Crippen molar-refractivity contribution >= 4 is 0 Å². The summed E-state index contributed by atoms with van der Waals surface area (Å²) in [6.07, 6.45) is 15.2. The summed E-state index contributed by atoms with van der Waals surface area (Å²) >= 11 is 0. The Balaban J connectivity index is 1.79. The maximum Gasteiger partial charge on any atom is 0.0546 e. The van der Waals surface area contributed by atoms with Gasteiger partial charge in [-0.05, 0) is 38.0 Å². The highest BCUT2D eigenvalue weighted by Gasteiger charge is 2.17. The second-order valence-corrected chi connectivity index (χ2v) is 5.34. The van der Waals surface area contributed by atoms with E-state index >= 15 is 0 Å². The molecule has 2 rings (SSSR count). The first-order valence-electron chi connectivity index (χ1n) is 6.70. The van der Waals surface area contributed by atoms with Crippen molar-refractivity contribution in [3.8, 4) is 0 Å². The molecule has 1 nitrogen and oxygen atoms in total. The van der Waals surface area contributed by atoms with E-state index in [-0.39, 0.29) is 6.10 Å². The van der Waals surface area contributed by atoms with Gasteiger partial charge in [-0.3, -0.25) is 0 Å². The summed E-state index contributed by atoms with van der Waals surface area (Å²) < 4.78 is 0. The third kappa shape index (κ3) is 3.64. The van der Waals surface area contributed by atoms with Crippen molar-refractivity contribution in [3.05, 3.63) is 11.6 Å². The Morgan fingerprint density at radius 2 is 1.87 bits per heavy atom. The van der Waals surface area contributed by atoms with Crippen LogP contribution in [-0.2, 0) is 0 Å². The second-order valence-electron chi connectivity index (χ2n) is 5.34. The highest BCUT2D eigenvalue weighted by atomic mass is 16.3. The topological polar surface area (TPSA) is 20.2 Å². The van der Waals surface area contributed by atoms with Crippen LogP contribution in [0.5, 0.6) is 0 Å². The minimum absolute atomic E-state index is 0.0369. The highest BCUT2D eigenvalue weighted by Crippen LogP contribution is 2.31. The van der Waals surface area contributed by atoms with Crippen LogP contribution >= 0.6 is 0 Å². The van der Waals surface area contributed by atoms with Gasteiger partial charge in [0.05, 0.1) is 6.10 Å². The summed E-state index contributed by atoms with van der Waals surface area (Å²) in [5.41, 5.74) is 1.64. The van der Waals surface area contributed by atoms with Gasteiger partial charge in [-0.1, -0.05) is 43.8 Å². The van der Waals surface area contributed by atoms with Crippen LogP contribution in [0, 0.1) is 5.92 Å². The van der Waals surface area contributed by atoms with Crippen LogP contribution < -0.4 is 0 Å². The summed E-state index contributed by atoms with van der Waals surface area (Å²) in [6.45, 7) is 0. The van der Waals surface area contributed by atoms with E-state index in [0.29, 0.717) is 0 Å². The SMILES string of the molecule is OC1CCC=C(CC2CCCCC2)CC1. The van der Waals surface area contributed by atoms with Crippen LogP contribution in [0.15, 0.2) is 11.6 Å². The molecule has 15 heavy (non-hydrogen) atoms. The predicted molar refractivity (Wildman–Crippen MR) is 63.7 cm³/mol. The van der Waals surface area contributed by atoms with Gasteiger partial charge in [-0.25, -0.2) is 0 Å². The Kier molecular flexibility index (Phi) is 4.25. The van der Waals surface area contributed by atoms with E-state index in [1.165, 1.54) is 38.5 Å². The average molecular weight is 208 g/mol. The fourth-order valence-corrected chi connectivity index (χ4v) is 3.03. The molecule has 1 heteroatoms. The molecule has 2 aliphatic carbocycles. The predicted octanol–water partition coefficient (Wildman–Crippen LogP) is 3.82. The largest absolute Gasteiger partial charge is 0.393 e. The van der Waals surface area contributed by atoms with Gasteiger partial charge in [0.2, 0.25) is 0 Å². The normalized spacial score (nSPS) is 29.7. The molecule has 0 heterocycles. The molecule has 0 spiro atoms. The zero-order chi connectivity index (χ0) is 10.5. The molecule has 0 radical (unpaired) electrons. The van der Waals surface area contributed by atoms with E-state index in [9.17, 15) is 5.11 Å². The van der Waals surface area contributed by atoms with E-state index in [1.807, 2.05) is 0 Å². The summed E-state index contributed by atoms with van der Waals surface area (Å²) in [7, 11) is 0. The summed E-state index contributed by atoms with van der Waals surface area (Å²) in [6, 6.07) is 0. The highest BCUT2D eigenvalue weighted by molar-refractivity contribution is 5.05. The van der Waals surface area contributed by atoms with Crippen LogP contribution in [-0.4, -0.2) is 11.2 Å². The Morgan fingerprint density at radius 3 is 2.67 bits per heavy atom. The van der Waals surface area contributed by atoms with Gasteiger partial charge < -0.3 is 5.11 Å². The van der Waals surface area contributed by atoms with Gasteiger partial charge in [0, 0.05) is 0 Å². The molecule has 1 N–H and O–H groups in total. The van der Waals surface area contributed by atoms with E-state index in [4.69, 9.17) is 0 Å². The van der Waals surface area contributed by atoms with Crippen molar-refractivity contribution in [2.75, 3.05) is 0 Å². The van der Waals surface area contributed by atoms with Crippen LogP contribution in [0.1, 0.15) is 64.2 Å². The summed E-state index contributed by atoms with van der Waals surface area (Å²) in [5, 5.41) is 9.58. The molecule has 0 aliphatic heterocycles. The van der Waals surface area contributed by atoms with Gasteiger partial charge in [-0.15, -0.1) is 0 Å². The Hall–Kier alpha value is -0.300. The number of rotatable bonds is 2. The van der Waals surface area contributed by atoms with Gasteiger partial charge in [0.1, 0.15) is 0 Å². The number of allylic oxidation sites excluding steroid dienone is 2. The number of aliphatic hydroxyl groups is 1. The molecule has 1 atom stereocenters. The van der Waals surface area contributed by atoms with Crippen LogP contribution in [0.25, 0.3) is 0 Å². The molecule has 1 fully saturated rings. The summed E-state index contributed by atoms with van der Waals surface area (Å²) in [5.74, 6) is 0.959. The molecular weight excluding hydrogens is 184 g/mol. The van der Waals surface area contributed by atoms with Gasteiger partial charge in [0.15, 0.2) is 0 Å². The molecule has 2 aliphatic rings. The van der Waals surface area contributed by atoms with E-state index < -0.39 is 0 Å². The Bertz CT molecular complexity index is 213. The van der Waals surface area contributed by atoms with E-state index in [1.54, 1.807) is 5.57 Å². The molecular formula is C14H24O. The zero-order valence-corrected chi connectivity index (χ0v) is 9.75. The lowest BCUT2D eigenvalue weighted by atomic mass is 9.84. The van der Waals surface area contributed by atoms with Crippen LogP contribution in [0.2, 0.25) is 0 Å². The number of hydrogen-bond donors (Lipinski definition) is 1. The zero-order valence-electron chi connectivity index (χ0n) is 9.75. The first kappa shape index (κ1) is 11.2. The first-order valence-corrected chi connectivity index (χ1v) is 6.70. The fourth-order valence-electron chi connectivity index (χ4n) is 3.03. The smallest absolute Gasteiger partial charge is 0.0546 e. The molecule has 0 aromatic rings. The molecule has 0 saturated heterocycles. The van der Waals surface area contributed by atoms with Crippen molar-refractivity contribution in [1.29, 1.82) is 0 Å². The summed E-state index contributed by atoms with van der Waals surface area (Å²) in [4.78, 5) is 0. The van der Waals surface area contributed by atoms with Gasteiger partial charge in [-0.2, -0.15) is 0 Å². The molecule has 1 unspecified atom stereocenters. The van der Waals surface area contributed by atoms with E-state index in [0.717, 1.165) is 31.6 Å². The van der Waals surface area contributed by atoms with Crippen molar-refractivity contribution in [2.24, 2.45) is 5.92 Å². The molecule has 0 aromatic carbocycles. The van der Waals surface area contributed by atoms with Crippen molar-refractivity contribution in [3.63, 3.8) is 0 Å². The lowest BCUT2D eigenvalue weighted by Gasteiger charge is -2.22. The lowest BCUT2D eigenvalue weighted by Crippen LogP contribution is -2.08. The van der Waals surface area contributed by atoms with Crippen molar-refractivity contribution in [1.82, 2.24) is 0 Å². The van der Waals surface area contributed by atoms with Gasteiger partial charge in [0.25, 0.3) is 0 Å². The number of aliphatic hydroxyl groups excluding tert-OH is 1. The molecule has 0 bridgehead atoms. The van der Waals surface area contributed by atoms with Crippen molar-refractivity contribution in [2.45, 2.75) is 70.3 Å². The Labute approximate surface area is 93.6 Å². The van der Waals surface area contributed by atoms with Crippen molar-refractivity contribution < 1.29 is 5.11 Å². The molecule has 0 aromatic heterocycles. The van der Waals surface area contributed by atoms with E-state index in [2.05, 4.69) is 6.08 Å². The standard InChI is InChI=1S/C14H24O/c15-14-8-4-7-13(9-10-14)11-12-5-2-1-3-6-12/h7,12,14-15H,1-6,8-11H2. The van der Waals surface area contributed by atoms with Crippen LogP contribution in [0.4, 0.5) is 0 Å². The minimum Gasteiger partial charge on any atom is -0.393 e. The molecule has 0 amide bonds. The second kappa shape index (κ2) is 5.69. The molecule has 1 saturated carbocycles.